The Kier molecular flexibility index (Phi) is 8.40. The van der Waals surface area contributed by atoms with Gasteiger partial charge in [0.05, 0.1) is 0 Å². The molecule has 2 aromatic carbocycles. The number of unbranched alkanes of at least 4 members (excludes halogenated alkanes) is 3. The Balaban J connectivity index is 1.56. The molecule has 4 N–H and O–H groups in total. The highest BCUT2D eigenvalue weighted by molar-refractivity contribution is 5.50. The van der Waals surface area contributed by atoms with Crippen molar-refractivity contribution in [3.8, 4) is 17.2 Å². The Labute approximate surface area is 180 Å². The van der Waals surface area contributed by atoms with Gasteiger partial charge in [0.1, 0.15) is 5.75 Å². The molecule has 164 valence electrons. The fourth-order valence-corrected chi connectivity index (χ4v) is 4.35. The Hall–Kier alpha value is -2.24. The number of aryl methyl sites for hydroxylation is 1. The first-order chi connectivity index (χ1) is 14.6. The van der Waals surface area contributed by atoms with Crippen LogP contribution in [-0.4, -0.2) is 39.5 Å². The van der Waals surface area contributed by atoms with Crippen LogP contribution in [-0.2, 0) is 19.3 Å². The molecule has 1 aliphatic rings. The maximum atomic E-state index is 10.2. The lowest BCUT2D eigenvalue weighted by molar-refractivity contribution is 0.108. The van der Waals surface area contributed by atoms with Crippen molar-refractivity contribution in [1.29, 1.82) is 0 Å². The Morgan fingerprint density at radius 2 is 1.77 bits per heavy atom. The van der Waals surface area contributed by atoms with Gasteiger partial charge < -0.3 is 15.3 Å². The van der Waals surface area contributed by atoms with E-state index in [1.807, 2.05) is 18.2 Å². The minimum Gasteiger partial charge on any atom is -0.508 e. The molecule has 0 aromatic heterocycles. The molecule has 0 saturated heterocycles. The van der Waals surface area contributed by atoms with E-state index in [0.29, 0.717) is 11.8 Å². The fraction of sp³-hybridized carbons (Fsp3) is 0.520. The number of hydrazine groups is 1. The van der Waals surface area contributed by atoms with Gasteiger partial charge in [-0.25, -0.2) is 5.01 Å². The normalized spacial score (nSPS) is 16.0. The molecule has 1 aliphatic carbocycles. The lowest BCUT2D eigenvalue weighted by Crippen LogP contribution is -2.49. The van der Waals surface area contributed by atoms with Gasteiger partial charge in [0, 0.05) is 24.7 Å². The van der Waals surface area contributed by atoms with Crippen molar-refractivity contribution >= 4 is 0 Å². The zero-order valence-corrected chi connectivity index (χ0v) is 18.1. The molecule has 0 radical (unpaired) electrons. The van der Waals surface area contributed by atoms with E-state index in [9.17, 15) is 15.3 Å². The summed E-state index contributed by atoms with van der Waals surface area (Å²) < 4.78 is 0. The first kappa shape index (κ1) is 22.4. The summed E-state index contributed by atoms with van der Waals surface area (Å²) in [7, 11) is 0. The van der Waals surface area contributed by atoms with Crippen LogP contribution in [0.4, 0.5) is 0 Å². The van der Waals surface area contributed by atoms with Crippen LogP contribution in [0, 0.1) is 0 Å². The van der Waals surface area contributed by atoms with E-state index >= 15 is 0 Å². The lowest BCUT2D eigenvalue weighted by Gasteiger charge is -2.36. The van der Waals surface area contributed by atoms with Gasteiger partial charge in [-0.3, -0.25) is 5.43 Å². The second-order valence-electron chi connectivity index (χ2n) is 8.40. The number of phenolic OH excluding ortho intramolecular Hbond substituents is 3. The molecule has 5 nitrogen and oxygen atoms in total. The zero-order valence-electron chi connectivity index (χ0n) is 18.1. The van der Waals surface area contributed by atoms with Crippen LogP contribution in [0.2, 0.25) is 0 Å². The van der Waals surface area contributed by atoms with Crippen molar-refractivity contribution in [2.75, 3.05) is 13.1 Å². The number of rotatable bonds is 11. The van der Waals surface area contributed by atoms with Crippen LogP contribution in [0.1, 0.15) is 62.1 Å². The summed E-state index contributed by atoms with van der Waals surface area (Å²) in [6, 6.07) is 11.4. The van der Waals surface area contributed by atoms with Crippen molar-refractivity contribution < 1.29 is 15.3 Å². The largest absolute Gasteiger partial charge is 0.508 e. The molecule has 3 rings (SSSR count). The summed E-state index contributed by atoms with van der Waals surface area (Å²) in [5.74, 6) is 0.352. The summed E-state index contributed by atoms with van der Waals surface area (Å²) in [4.78, 5) is 0. The second-order valence-corrected chi connectivity index (χ2v) is 8.40. The fourth-order valence-electron chi connectivity index (χ4n) is 4.35. The first-order valence-corrected chi connectivity index (χ1v) is 11.4. The Morgan fingerprint density at radius 3 is 2.53 bits per heavy atom. The topological polar surface area (TPSA) is 76.0 Å². The van der Waals surface area contributed by atoms with E-state index in [2.05, 4.69) is 17.4 Å². The predicted molar refractivity (Wildman–Crippen MR) is 121 cm³/mol. The third-order valence-electron chi connectivity index (χ3n) is 6.13. The number of nitrogens with one attached hydrogen (secondary N) is 1. The van der Waals surface area contributed by atoms with Gasteiger partial charge in [0.25, 0.3) is 0 Å². The molecule has 2 aromatic rings. The first-order valence-electron chi connectivity index (χ1n) is 11.4. The summed E-state index contributed by atoms with van der Waals surface area (Å²) >= 11 is 0. The minimum atomic E-state index is -0.0176. The number of benzene rings is 2. The highest BCUT2D eigenvalue weighted by Gasteiger charge is 2.26. The van der Waals surface area contributed by atoms with Crippen molar-refractivity contribution in [3.63, 3.8) is 0 Å². The number of fused-ring (bicyclic) bond motifs is 1. The van der Waals surface area contributed by atoms with E-state index in [-0.39, 0.29) is 11.5 Å². The maximum Gasteiger partial charge on any atom is 0.160 e. The molecule has 0 saturated carbocycles. The standard InChI is InChI=1S/C25H36N2O3/c1-2-3-4-5-17-27(26-16-6-7-19-8-12-22(28)13-9-19)21-11-14-23-20(18-21)10-15-24(29)25(23)30/h8-10,12-13,15,21,26,28-30H,2-7,11,14,16-18H2,1H3. The van der Waals surface area contributed by atoms with Crippen molar-refractivity contribution in [1.82, 2.24) is 10.4 Å². The van der Waals surface area contributed by atoms with Crippen molar-refractivity contribution in [2.24, 2.45) is 0 Å². The van der Waals surface area contributed by atoms with Crippen molar-refractivity contribution in [3.05, 3.63) is 53.1 Å². The lowest BCUT2D eigenvalue weighted by atomic mass is 9.87. The maximum absolute atomic E-state index is 10.2. The van der Waals surface area contributed by atoms with Gasteiger partial charge in [-0.1, -0.05) is 44.4 Å². The summed E-state index contributed by atoms with van der Waals surface area (Å²) in [5, 5.41) is 31.8. The van der Waals surface area contributed by atoms with Crippen LogP contribution in [0.5, 0.6) is 17.2 Å². The van der Waals surface area contributed by atoms with Crippen LogP contribution in [0.15, 0.2) is 36.4 Å². The number of phenols is 3. The number of hydrogen-bond donors (Lipinski definition) is 4. The molecule has 0 heterocycles. The van der Waals surface area contributed by atoms with E-state index in [1.165, 1.54) is 31.2 Å². The Morgan fingerprint density at radius 1 is 0.967 bits per heavy atom. The molecule has 0 fully saturated rings. The monoisotopic (exact) mass is 412 g/mol. The average molecular weight is 413 g/mol. The molecular formula is C25H36N2O3. The third-order valence-corrected chi connectivity index (χ3v) is 6.13. The molecule has 0 bridgehead atoms. The predicted octanol–water partition coefficient (Wildman–Crippen LogP) is 4.68. The van der Waals surface area contributed by atoms with E-state index in [0.717, 1.165) is 56.3 Å². The quantitative estimate of drug-likeness (QED) is 0.245. The zero-order chi connectivity index (χ0) is 21.3. The smallest absolute Gasteiger partial charge is 0.160 e. The molecule has 5 heteroatoms. The summed E-state index contributed by atoms with van der Waals surface area (Å²) in [6.07, 6.45) is 9.62. The number of hydrogen-bond acceptors (Lipinski definition) is 5. The Bertz CT molecular complexity index is 792. The van der Waals surface area contributed by atoms with E-state index in [4.69, 9.17) is 0 Å². The number of aromatic hydroxyl groups is 3. The van der Waals surface area contributed by atoms with Gasteiger partial charge in [-0.2, -0.15) is 0 Å². The van der Waals surface area contributed by atoms with E-state index in [1.54, 1.807) is 18.2 Å². The third kappa shape index (κ3) is 6.13. The molecule has 0 aliphatic heterocycles. The van der Waals surface area contributed by atoms with E-state index < -0.39 is 0 Å². The summed E-state index contributed by atoms with van der Waals surface area (Å²) in [6.45, 7) is 4.18. The highest BCUT2D eigenvalue weighted by atomic mass is 16.3. The number of nitrogens with zero attached hydrogens (tertiary/aromatic N) is 1. The summed E-state index contributed by atoms with van der Waals surface area (Å²) in [5.41, 5.74) is 6.97. The van der Waals surface area contributed by atoms with Gasteiger partial charge in [-0.05, 0) is 67.9 Å². The molecule has 0 amide bonds. The van der Waals surface area contributed by atoms with Gasteiger partial charge in [0.15, 0.2) is 11.5 Å². The highest BCUT2D eigenvalue weighted by Crippen LogP contribution is 2.36. The van der Waals surface area contributed by atoms with Crippen molar-refractivity contribution in [2.45, 2.75) is 70.8 Å². The van der Waals surface area contributed by atoms with Crippen LogP contribution in [0.25, 0.3) is 0 Å². The average Bonchev–Trinajstić information content (AvgIpc) is 2.76. The van der Waals surface area contributed by atoms with Crippen LogP contribution >= 0.6 is 0 Å². The molecule has 0 spiro atoms. The van der Waals surface area contributed by atoms with Gasteiger partial charge in [-0.15, -0.1) is 0 Å². The SMILES string of the molecule is CCCCCCN(NCCCc1ccc(O)cc1)C1CCc2c(ccc(O)c2O)C1. The molecule has 1 atom stereocenters. The van der Waals surface area contributed by atoms with Gasteiger partial charge >= 0.3 is 0 Å². The molecular weight excluding hydrogens is 376 g/mol. The van der Waals surface area contributed by atoms with Gasteiger partial charge in [0.2, 0.25) is 0 Å². The second kappa shape index (κ2) is 11.2. The van der Waals surface area contributed by atoms with Crippen LogP contribution in [0.3, 0.4) is 0 Å². The molecule has 1 unspecified atom stereocenters. The molecule has 30 heavy (non-hydrogen) atoms. The van der Waals surface area contributed by atoms with Crippen LogP contribution < -0.4 is 5.43 Å². The minimum absolute atomic E-state index is 0.0176.